The van der Waals surface area contributed by atoms with Gasteiger partial charge < -0.3 is 10.2 Å². The first-order valence-electron chi connectivity index (χ1n) is 6.80. The van der Waals surface area contributed by atoms with E-state index in [9.17, 15) is 14.9 Å². The molecule has 2 heterocycles. The summed E-state index contributed by atoms with van der Waals surface area (Å²) in [6, 6.07) is 1.12. The van der Waals surface area contributed by atoms with Crippen molar-refractivity contribution < 1.29 is 9.72 Å². The summed E-state index contributed by atoms with van der Waals surface area (Å²) >= 11 is 5.72. The van der Waals surface area contributed by atoms with E-state index in [1.54, 1.807) is 0 Å². The molecule has 8 heteroatoms. The second-order valence-corrected chi connectivity index (χ2v) is 5.55. The van der Waals surface area contributed by atoms with Gasteiger partial charge in [0.1, 0.15) is 16.9 Å². The average molecular weight is 313 g/mol. The number of nitrogens with one attached hydrogen (secondary N) is 1. The maximum atomic E-state index is 12.2. The monoisotopic (exact) mass is 312 g/mol. The van der Waals surface area contributed by atoms with E-state index in [0.29, 0.717) is 0 Å². The molecule has 114 valence electrons. The number of aromatic nitrogens is 1. The van der Waals surface area contributed by atoms with E-state index < -0.39 is 10.8 Å². The minimum atomic E-state index is -0.636. The Bertz CT molecular complexity index is 546. The van der Waals surface area contributed by atoms with Gasteiger partial charge in [0.2, 0.25) is 0 Å². The Morgan fingerprint density at radius 3 is 2.86 bits per heavy atom. The number of likely N-dealkylation sites (tertiary alicyclic amines) is 1. The predicted octanol–water partition coefficient (Wildman–Crippen LogP) is 1.86. The van der Waals surface area contributed by atoms with Gasteiger partial charge in [-0.05, 0) is 38.9 Å². The molecule has 1 saturated heterocycles. The fraction of sp³-hybridized carbons (Fsp3) is 0.538. The van der Waals surface area contributed by atoms with Crippen molar-refractivity contribution in [3.63, 3.8) is 0 Å². The van der Waals surface area contributed by atoms with Crippen LogP contribution in [0.4, 0.5) is 5.69 Å². The molecule has 1 fully saturated rings. The van der Waals surface area contributed by atoms with Crippen LogP contribution in [0.5, 0.6) is 0 Å². The van der Waals surface area contributed by atoms with E-state index in [0.717, 1.165) is 25.8 Å². The van der Waals surface area contributed by atoms with E-state index in [4.69, 9.17) is 11.6 Å². The highest BCUT2D eigenvalue weighted by molar-refractivity contribution is 6.29. The van der Waals surface area contributed by atoms with Gasteiger partial charge in [-0.1, -0.05) is 11.6 Å². The largest absolute Gasteiger partial charge is 0.348 e. The van der Waals surface area contributed by atoms with Crippen molar-refractivity contribution >= 4 is 23.2 Å². The first-order valence-corrected chi connectivity index (χ1v) is 7.18. The van der Waals surface area contributed by atoms with Crippen molar-refractivity contribution in [2.24, 2.45) is 0 Å². The molecule has 1 unspecified atom stereocenters. The summed E-state index contributed by atoms with van der Waals surface area (Å²) in [7, 11) is 0. The third-order valence-corrected chi connectivity index (χ3v) is 3.61. The van der Waals surface area contributed by atoms with Crippen LogP contribution in [0.3, 0.4) is 0 Å². The molecule has 0 aliphatic carbocycles. The summed E-state index contributed by atoms with van der Waals surface area (Å²) in [4.78, 5) is 28.4. The lowest BCUT2D eigenvalue weighted by molar-refractivity contribution is -0.385. The molecule has 1 aromatic rings. The van der Waals surface area contributed by atoms with E-state index in [-0.39, 0.29) is 22.4 Å². The topological polar surface area (TPSA) is 88.4 Å². The molecule has 1 amide bonds. The van der Waals surface area contributed by atoms with Crippen molar-refractivity contribution in [3.05, 3.63) is 33.1 Å². The smallest absolute Gasteiger partial charge is 0.300 e. The third kappa shape index (κ3) is 4.12. The molecule has 0 spiro atoms. The number of hydrogen-bond donors (Lipinski definition) is 1. The van der Waals surface area contributed by atoms with Crippen molar-refractivity contribution in [2.75, 3.05) is 19.6 Å². The fourth-order valence-corrected chi connectivity index (χ4v) is 2.61. The molecular weight excluding hydrogens is 296 g/mol. The number of nitrogens with zero attached hydrogens (tertiary/aromatic N) is 3. The van der Waals surface area contributed by atoms with E-state index in [1.165, 1.54) is 18.9 Å². The summed E-state index contributed by atoms with van der Waals surface area (Å²) < 4.78 is 0. The summed E-state index contributed by atoms with van der Waals surface area (Å²) in [5.41, 5.74) is -0.404. The van der Waals surface area contributed by atoms with Crippen molar-refractivity contribution in [2.45, 2.75) is 25.8 Å². The summed E-state index contributed by atoms with van der Waals surface area (Å²) in [6.45, 7) is 4.67. The van der Waals surface area contributed by atoms with Crippen LogP contribution in [-0.2, 0) is 0 Å². The minimum absolute atomic E-state index is 0.0537. The van der Waals surface area contributed by atoms with Gasteiger partial charge in [0, 0.05) is 12.6 Å². The second-order valence-electron chi connectivity index (χ2n) is 5.16. The number of carbonyl (C=O) groups excluding carboxylic acids is 1. The molecule has 1 aromatic heterocycles. The van der Waals surface area contributed by atoms with Gasteiger partial charge in [-0.2, -0.15) is 0 Å². The maximum absolute atomic E-state index is 12.2. The molecule has 1 aliphatic rings. The Balaban J connectivity index is 2.05. The van der Waals surface area contributed by atoms with Gasteiger partial charge in [0.05, 0.1) is 4.92 Å². The molecular formula is C13H17ClN4O3. The van der Waals surface area contributed by atoms with Gasteiger partial charge in [-0.15, -0.1) is 0 Å². The van der Waals surface area contributed by atoms with Crippen LogP contribution >= 0.6 is 11.6 Å². The zero-order valence-electron chi connectivity index (χ0n) is 11.7. The van der Waals surface area contributed by atoms with Crippen molar-refractivity contribution in [1.29, 1.82) is 0 Å². The molecule has 0 aromatic carbocycles. The highest BCUT2D eigenvalue weighted by Crippen LogP contribution is 2.20. The van der Waals surface area contributed by atoms with E-state index >= 15 is 0 Å². The lowest BCUT2D eigenvalue weighted by Gasteiger charge is -2.21. The van der Waals surface area contributed by atoms with Crippen LogP contribution in [0.25, 0.3) is 0 Å². The molecule has 1 N–H and O–H groups in total. The van der Waals surface area contributed by atoms with Crippen LogP contribution in [0.2, 0.25) is 5.15 Å². The Morgan fingerprint density at radius 2 is 2.24 bits per heavy atom. The lowest BCUT2D eigenvalue weighted by Crippen LogP contribution is -2.41. The molecule has 2 rings (SSSR count). The number of hydrogen-bond acceptors (Lipinski definition) is 5. The average Bonchev–Trinajstić information content (AvgIpc) is 2.90. The van der Waals surface area contributed by atoms with Crippen LogP contribution < -0.4 is 5.32 Å². The Hall–Kier alpha value is -1.73. The first kappa shape index (κ1) is 15.7. The van der Waals surface area contributed by atoms with Crippen LogP contribution in [-0.4, -0.2) is 46.4 Å². The Labute approximate surface area is 127 Å². The van der Waals surface area contributed by atoms with Gasteiger partial charge in [-0.25, -0.2) is 4.98 Å². The molecule has 0 radical (unpaired) electrons. The van der Waals surface area contributed by atoms with Crippen LogP contribution in [0, 0.1) is 10.1 Å². The number of amides is 1. The number of pyridine rings is 1. The molecule has 0 saturated carbocycles. The number of nitro groups is 1. The number of carbonyl (C=O) groups is 1. The number of halogens is 1. The van der Waals surface area contributed by atoms with Gasteiger partial charge in [0.25, 0.3) is 11.6 Å². The van der Waals surface area contributed by atoms with Gasteiger partial charge in [0.15, 0.2) is 0 Å². The van der Waals surface area contributed by atoms with E-state index in [1.807, 2.05) is 6.92 Å². The quantitative estimate of drug-likeness (QED) is 0.509. The normalized spacial score (nSPS) is 16.7. The zero-order chi connectivity index (χ0) is 15.4. The summed E-state index contributed by atoms with van der Waals surface area (Å²) in [5, 5.41) is 13.8. The third-order valence-electron chi connectivity index (χ3n) is 3.40. The highest BCUT2D eigenvalue weighted by Gasteiger charge is 2.23. The van der Waals surface area contributed by atoms with Crippen LogP contribution in [0.1, 0.15) is 30.1 Å². The highest BCUT2D eigenvalue weighted by atomic mass is 35.5. The second kappa shape index (κ2) is 6.82. The predicted molar refractivity (Wildman–Crippen MR) is 78.5 cm³/mol. The standard InChI is InChI=1S/C13H17ClN4O3/c1-9(8-17-4-2-3-5-17)16-13(19)10-6-12(14)15-7-11(10)18(20)21/h6-7,9H,2-5,8H2,1H3,(H,16,19). The summed E-state index contributed by atoms with van der Waals surface area (Å²) in [5.74, 6) is -0.502. The molecule has 1 aliphatic heterocycles. The fourth-order valence-electron chi connectivity index (χ4n) is 2.45. The first-order chi connectivity index (χ1) is 9.97. The molecule has 1 atom stereocenters. The Kier molecular flexibility index (Phi) is 5.08. The lowest BCUT2D eigenvalue weighted by atomic mass is 10.2. The van der Waals surface area contributed by atoms with Crippen molar-refractivity contribution in [1.82, 2.24) is 15.2 Å². The molecule has 0 bridgehead atoms. The molecule has 7 nitrogen and oxygen atoms in total. The minimum Gasteiger partial charge on any atom is -0.348 e. The Morgan fingerprint density at radius 1 is 1.57 bits per heavy atom. The van der Waals surface area contributed by atoms with E-state index in [2.05, 4.69) is 15.2 Å². The zero-order valence-corrected chi connectivity index (χ0v) is 12.5. The number of rotatable bonds is 5. The summed E-state index contributed by atoms with van der Waals surface area (Å²) in [6.07, 6.45) is 3.35. The van der Waals surface area contributed by atoms with Crippen molar-refractivity contribution in [3.8, 4) is 0 Å². The SMILES string of the molecule is CC(CN1CCCC1)NC(=O)c1cc(Cl)ncc1[N+](=O)[O-]. The molecule has 21 heavy (non-hydrogen) atoms. The van der Waals surface area contributed by atoms with Gasteiger partial charge in [-0.3, -0.25) is 14.9 Å². The van der Waals surface area contributed by atoms with Crippen LogP contribution in [0.15, 0.2) is 12.3 Å². The maximum Gasteiger partial charge on any atom is 0.300 e. The van der Waals surface area contributed by atoms with Gasteiger partial charge >= 0.3 is 0 Å².